The zero-order valence-electron chi connectivity index (χ0n) is 17.4. The molecule has 1 aromatic heterocycles. The maximum absolute atomic E-state index is 13.0. The van der Waals surface area contributed by atoms with Gasteiger partial charge in [0, 0.05) is 39.8 Å². The number of guanidine groups is 1. The number of aromatic nitrogens is 3. The molecule has 1 unspecified atom stereocenters. The first-order valence-corrected chi connectivity index (χ1v) is 10.8. The van der Waals surface area contributed by atoms with Crippen LogP contribution in [-0.2, 0) is 13.6 Å². The number of aryl methyl sites for hydroxylation is 1. The first kappa shape index (κ1) is 26.3. The summed E-state index contributed by atoms with van der Waals surface area (Å²) in [4.78, 5) is 8.18. The average molecular weight is 549 g/mol. The molecule has 0 spiro atoms. The molecule has 0 aliphatic carbocycles. The summed E-state index contributed by atoms with van der Waals surface area (Å²) in [6, 6.07) is -1.42. The van der Waals surface area contributed by atoms with Gasteiger partial charge in [-0.25, -0.2) is 4.99 Å². The van der Waals surface area contributed by atoms with Crippen LogP contribution in [-0.4, -0.2) is 87.5 Å². The average Bonchev–Trinajstić information content (AvgIpc) is 2.98. The lowest BCUT2D eigenvalue weighted by Gasteiger charge is -2.39. The molecular formula is C17H31F3IN7S. The molecule has 1 aromatic rings. The van der Waals surface area contributed by atoms with E-state index < -0.39 is 12.2 Å². The highest BCUT2D eigenvalue weighted by Gasteiger charge is 2.41. The first-order chi connectivity index (χ1) is 13.2. The van der Waals surface area contributed by atoms with E-state index >= 15 is 0 Å². The molecule has 1 N–H and O–H groups in total. The summed E-state index contributed by atoms with van der Waals surface area (Å²) in [6.45, 7) is 5.98. The van der Waals surface area contributed by atoms with Crippen molar-refractivity contribution in [3.63, 3.8) is 0 Å². The second kappa shape index (κ2) is 12.2. The van der Waals surface area contributed by atoms with Crippen molar-refractivity contribution in [2.24, 2.45) is 12.0 Å². The lowest BCUT2D eigenvalue weighted by atomic mass is 10.2. The number of thioether (sulfide) groups is 1. The standard InChI is InChI=1S/C17H30F3N7S.HI/c1-13(17(18,19)20)26-7-9-27(10-8-26)16(21-6-5-11-28-4)22-12-15-24-23-14(2)25(15)3;/h13H,5-12H2,1-4H3,(H,21,22);1H. The topological polar surface area (TPSA) is 61.6 Å². The molecule has 1 aliphatic heterocycles. The SMILES string of the molecule is CSCCCNC(=NCc1nnc(C)n1C)N1CCN(C(C)C(F)(F)F)CC1.I. The summed E-state index contributed by atoms with van der Waals surface area (Å²) in [6.07, 6.45) is -1.14. The predicted molar refractivity (Wildman–Crippen MR) is 122 cm³/mol. The van der Waals surface area contributed by atoms with Crippen molar-refractivity contribution in [1.82, 2.24) is 29.9 Å². The smallest absolute Gasteiger partial charge is 0.356 e. The fourth-order valence-corrected chi connectivity index (χ4v) is 3.38. The fraction of sp³-hybridized carbons (Fsp3) is 0.824. The van der Waals surface area contributed by atoms with E-state index in [1.54, 1.807) is 11.8 Å². The van der Waals surface area contributed by atoms with Gasteiger partial charge in [-0.2, -0.15) is 24.9 Å². The number of nitrogens with one attached hydrogen (secondary N) is 1. The molecule has 0 bridgehead atoms. The van der Waals surface area contributed by atoms with Crippen molar-refractivity contribution in [1.29, 1.82) is 0 Å². The summed E-state index contributed by atoms with van der Waals surface area (Å²) in [5.74, 6) is 3.33. The number of aliphatic imine (C=N–C) groups is 1. The van der Waals surface area contributed by atoms with Crippen LogP contribution in [0.5, 0.6) is 0 Å². The minimum Gasteiger partial charge on any atom is -0.356 e. The zero-order valence-corrected chi connectivity index (χ0v) is 20.5. The minimum atomic E-state index is -4.20. The maximum Gasteiger partial charge on any atom is 0.403 e. The lowest BCUT2D eigenvalue weighted by Crippen LogP contribution is -2.56. The summed E-state index contributed by atoms with van der Waals surface area (Å²) in [7, 11) is 1.89. The monoisotopic (exact) mass is 549 g/mol. The number of rotatable bonds is 7. The fourth-order valence-electron chi connectivity index (χ4n) is 2.95. The third-order valence-electron chi connectivity index (χ3n) is 5.00. The summed E-state index contributed by atoms with van der Waals surface area (Å²) < 4.78 is 40.8. The Labute approximate surface area is 191 Å². The van der Waals surface area contributed by atoms with Gasteiger partial charge in [0.15, 0.2) is 11.8 Å². The second-order valence-corrected chi connectivity index (χ2v) is 7.86. The van der Waals surface area contributed by atoms with Crippen LogP contribution in [0.2, 0.25) is 0 Å². The molecule has 168 valence electrons. The van der Waals surface area contributed by atoms with Crippen LogP contribution in [0.3, 0.4) is 0 Å². The molecule has 1 saturated heterocycles. The Balaban J connectivity index is 0.00000420. The van der Waals surface area contributed by atoms with Gasteiger partial charge >= 0.3 is 6.18 Å². The van der Waals surface area contributed by atoms with Crippen LogP contribution in [0, 0.1) is 6.92 Å². The molecule has 0 radical (unpaired) electrons. The molecule has 1 fully saturated rings. The molecule has 12 heteroatoms. The van der Waals surface area contributed by atoms with Crippen LogP contribution in [0.15, 0.2) is 4.99 Å². The number of halogens is 4. The van der Waals surface area contributed by atoms with Crippen molar-refractivity contribution < 1.29 is 13.2 Å². The van der Waals surface area contributed by atoms with Gasteiger partial charge in [-0.1, -0.05) is 0 Å². The van der Waals surface area contributed by atoms with Gasteiger partial charge in [0.2, 0.25) is 0 Å². The quantitative estimate of drug-likeness (QED) is 0.244. The van der Waals surface area contributed by atoms with E-state index in [9.17, 15) is 13.2 Å². The number of piperazine rings is 1. The van der Waals surface area contributed by atoms with Crippen LogP contribution in [0.1, 0.15) is 25.0 Å². The largest absolute Gasteiger partial charge is 0.403 e. The Hall–Kier alpha value is -0.760. The van der Waals surface area contributed by atoms with E-state index in [1.165, 1.54) is 11.8 Å². The van der Waals surface area contributed by atoms with Crippen molar-refractivity contribution in [3.8, 4) is 0 Å². The Kier molecular flexibility index (Phi) is 11.0. The lowest BCUT2D eigenvalue weighted by molar-refractivity contribution is -0.181. The van der Waals surface area contributed by atoms with Crippen LogP contribution in [0.4, 0.5) is 13.2 Å². The van der Waals surface area contributed by atoms with Gasteiger partial charge < -0.3 is 14.8 Å². The summed E-state index contributed by atoms with van der Waals surface area (Å²) >= 11 is 1.78. The molecular weight excluding hydrogens is 518 g/mol. The van der Waals surface area contributed by atoms with Crippen LogP contribution in [0.25, 0.3) is 0 Å². The van der Waals surface area contributed by atoms with Crippen molar-refractivity contribution >= 4 is 41.7 Å². The maximum atomic E-state index is 13.0. The van der Waals surface area contributed by atoms with E-state index in [-0.39, 0.29) is 24.0 Å². The van der Waals surface area contributed by atoms with E-state index in [0.29, 0.717) is 32.7 Å². The Morgan fingerprint density at radius 1 is 1.24 bits per heavy atom. The zero-order chi connectivity index (χ0) is 20.7. The first-order valence-electron chi connectivity index (χ1n) is 9.42. The molecule has 2 rings (SSSR count). The molecule has 7 nitrogen and oxygen atoms in total. The van der Waals surface area contributed by atoms with E-state index in [2.05, 4.69) is 26.8 Å². The van der Waals surface area contributed by atoms with Gasteiger partial charge in [0.1, 0.15) is 18.4 Å². The highest BCUT2D eigenvalue weighted by atomic mass is 127. The Morgan fingerprint density at radius 3 is 2.41 bits per heavy atom. The van der Waals surface area contributed by atoms with E-state index in [1.807, 2.05) is 23.4 Å². The number of hydrogen-bond donors (Lipinski definition) is 1. The minimum absolute atomic E-state index is 0. The normalized spacial score (nSPS) is 17.2. The Morgan fingerprint density at radius 2 is 1.90 bits per heavy atom. The van der Waals surface area contributed by atoms with Crippen molar-refractivity contribution in [2.45, 2.75) is 39.0 Å². The van der Waals surface area contributed by atoms with E-state index in [4.69, 9.17) is 0 Å². The summed E-state index contributed by atoms with van der Waals surface area (Å²) in [5.41, 5.74) is 0. The molecule has 29 heavy (non-hydrogen) atoms. The molecule has 2 heterocycles. The third kappa shape index (κ3) is 7.78. The molecule has 0 aromatic carbocycles. The van der Waals surface area contributed by atoms with Gasteiger partial charge in [0.05, 0.1) is 0 Å². The number of nitrogens with zero attached hydrogens (tertiary/aromatic N) is 6. The molecule has 0 amide bonds. The third-order valence-corrected chi connectivity index (χ3v) is 5.69. The van der Waals surface area contributed by atoms with Crippen molar-refractivity contribution in [3.05, 3.63) is 11.6 Å². The van der Waals surface area contributed by atoms with Crippen LogP contribution >= 0.6 is 35.7 Å². The van der Waals surface area contributed by atoms with Crippen molar-refractivity contribution in [2.75, 3.05) is 44.7 Å². The Bertz CT molecular complexity index is 645. The number of alkyl halides is 3. The predicted octanol–water partition coefficient (Wildman–Crippen LogP) is 2.51. The van der Waals surface area contributed by atoms with Crippen LogP contribution < -0.4 is 5.32 Å². The highest BCUT2D eigenvalue weighted by Crippen LogP contribution is 2.25. The molecule has 1 aliphatic rings. The van der Waals surface area contributed by atoms with Gasteiger partial charge in [-0.15, -0.1) is 34.2 Å². The van der Waals surface area contributed by atoms with E-state index in [0.717, 1.165) is 36.3 Å². The number of hydrogen-bond acceptors (Lipinski definition) is 5. The molecule has 0 saturated carbocycles. The second-order valence-electron chi connectivity index (χ2n) is 6.88. The highest BCUT2D eigenvalue weighted by molar-refractivity contribution is 14.0. The van der Waals surface area contributed by atoms with Gasteiger partial charge in [0.25, 0.3) is 0 Å². The van der Waals surface area contributed by atoms with Gasteiger partial charge in [-0.3, -0.25) is 4.90 Å². The summed E-state index contributed by atoms with van der Waals surface area (Å²) in [5, 5.41) is 11.5. The van der Waals surface area contributed by atoms with Gasteiger partial charge in [-0.05, 0) is 32.3 Å². The molecule has 1 atom stereocenters.